The Balaban J connectivity index is 1.66. The van der Waals surface area contributed by atoms with Crippen LogP contribution in [0.25, 0.3) is 0 Å². The molecule has 2 aromatic rings. The van der Waals surface area contributed by atoms with Gasteiger partial charge in [-0.2, -0.15) is 0 Å². The van der Waals surface area contributed by atoms with Crippen molar-refractivity contribution in [1.29, 1.82) is 0 Å². The Morgan fingerprint density at radius 1 is 1.14 bits per heavy atom. The van der Waals surface area contributed by atoms with E-state index in [1.807, 2.05) is 41.7 Å². The molecule has 1 N–H and O–H groups in total. The van der Waals surface area contributed by atoms with Crippen molar-refractivity contribution in [2.75, 3.05) is 16.8 Å². The van der Waals surface area contributed by atoms with Crippen molar-refractivity contribution in [3.63, 3.8) is 0 Å². The topological polar surface area (TPSA) is 29.1 Å². The van der Waals surface area contributed by atoms with E-state index in [1.165, 1.54) is 23.1 Å². The Labute approximate surface area is 137 Å². The maximum Gasteiger partial charge on any atom is 0.228 e. The monoisotopic (exact) mass is 333 g/mol. The Bertz CT molecular complexity index is 671. The van der Waals surface area contributed by atoms with Crippen LogP contribution in [-0.4, -0.2) is 17.4 Å². The largest absolute Gasteiger partial charge is 0.326 e. The summed E-state index contributed by atoms with van der Waals surface area (Å²) in [6, 6.07) is 14.3. The van der Waals surface area contributed by atoms with Gasteiger partial charge in [-0.15, -0.1) is 23.5 Å². The van der Waals surface area contributed by atoms with Gasteiger partial charge in [0.1, 0.15) is 5.82 Å². The van der Waals surface area contributed by atoms with E-state index >= 15 is 0 Å². The number of nitrogens with one attached hydrogen (secondary N) is 1. The van der Waals surface area contributed by atoms with Crippen molar-refractivity contribution in [1.82, 2.24) is 0 Å². The van der Waals surface area contributed by atoms with Crippen LogP contribution in [-0.2, 0) is 11.2 Å². The molecule has 1 heterocycles. The minimum Gasteiger partial charge on any atom is -0.326 e. The van der Waals surface area contributed by atoms with Crippen LogP contribution in [0.2, 0.25) is 0 Å². The van der Waals surface area contributed by atoms with E-state index < -0.39 is 0 Å². The minimum atomic E-state index is -0.342. The molecule has 0 aromatic heterocycles. The average molecular weight is 333 g/mol. The molecule has 22 heavy (non-hydrogen) atoms. The number of hydrogen-bond donors (Lipinski definition) is 1. The number of halogens is 1. The molecule has 0 aliphatic carbocycles. The lowest BCUT2D eigenvalue weighted by Crippen LogP contribution is -2.15. The molecule has 0 radical (unpaired) electrons. The molecule has 0 atom stereocenters. The smallest absolute Gasteiger partial charge is 0.228 e. The summed E-state index contributed by atoms with van der Waals surface area (Å²) in [6.07, 6.45) is 0.0455. The average Bonchev–Trinajstić information content (AvgIpc) is 3.04. The molecule has 0 spiro atoms. The Morgan fingerprint density at radius 3 is 2.68 bits per heavy atom. The Morgan fingerprint density at radius 2 is 1.91 bits per heavy atom. The summed E-state index contributed by atoms with van der Waals surface area (Å²) in [5.41, 5.74) is 2.40. The van der Waals surface area contributed by atoms with Gasteiger partial charge in [-0.3, -0.25) is 4.79 Å². The van der Waals surface area contributed by atoms with Gasteiger partial charge >= 0.3 is 0 Å². The second kappa shape index (κ2) is 7.20. The van der Waals surface area contributed by atoms with Crippen LogP contribution in [0, 0.1) is 5.82 Å². The molecule has 5 heteroatoms. The van der Waals surface area contributed by atoms with E-state index in [0.717, 1.165) is 5.69 Å². The van der Waals surface area contributed by atoms with Crippen LogP contribution in [0.4, 0.5) is 10.1 Å². The van der Waals surface area contributed by atoms with Gasteiger partial charge in [-0.05, 0) is 29.3 Å². The SMILES string of the molecule is O=C(Cc1ccccc1F)Nc1cccc(C2SCCS2)c1. The van der Waals surface area contributed by atoms with Crippen molar-refractivity contribution in [2.45, 2.75) is 11.0 Å². The van der Waals surface area contributed by atoms with Crippen molar-refractivity contribution in [2.24, 2.45) is 0 Å². The molecule has 0 saturated carbocycles. The van der Waals surface area contributed by atoms with Gasteiger partial charge in [0.05, 0.1) is 11.0 Å². The van der Waals surface area contributed by atoms with Crippen LogP contribution in [0.1, 0.15) is 15.7 Å². The van der Waals surface area contributed by atoms with Crippen LogP contribution in [0.3, 0.4) is 0 Å². The lowest BCUT2D eigenvalue weighted by molar-refractivity contribution is -0.115. The predicted molar refractivity (Wildman–Crippen MR) is 92.8 cm³/mol. The first-order valence-electron chi connectivity index (χ1n) is 7.09. The molecule has 0 unspecified atom stereocenters. The number of anilines is 1. The fraction of sp³-hybridized carbons (Fsp3) is 0.235. The van der Waals surface area contributed by atoms with Crippen LogP contribution < -0.4 is 5.32 Å². The summed E-state index contributed by atoms with van der Waals surface area (Å²) in [6.45, 7) is 0. The molecule has 1 aliphatic heterocycles. The van der Waals surface area contributed by atoms with E-state index in [0.29, 0.717) is 10.1 Å². The zero-order chi connectivity index (χ0) is 15.4. The third kappa shape index (κ3) is 3.84. The van der Waals surface area contributed by atoms with E-state index in [9.17, 15) is 9.18 Å². The van der Waals surface area contributed by atoms with Gasteiger partial charge in [0.25, 0.3) is 0 Å². The molecule has 1 saturated heterocycles. The molecule has 1 amide bonds. The predicted octanol–water partition coefficient (Wildman–Crippen LogP) is 4.49. The molecule has 2 aromatic carbocycles. The van der Waals surface area contributed by atoms with Gasteiger partial charge < -0.3 is 5.32 Å². The van der Waals surface area contributed by atoms with Gasteiger partial charge in [0.2, 0.25) is 5.91 Å². The third-order valence-electron chi connectivity index (χ3n) is 3.37. The molecule has 1 aliphatic rings. The van der Waals surface area contributed by atoms with E-state index in [2.05, 4.69) is 11.4 Å². The number of benzene rings is 2. The number of carbonyl (C=O) groups excluding carboxylic acids is 1. The molecule has 114 valence electrons. The van der Waals surface area contributed by atoms with Crippen molar-refractivity contribution in [3.05, 3.63) is 65.5 Å². The normalized spacial score (nSPS) is 15.0. The van der Waals surface area contributed by atoms with Crippen LogP contribution in [0.5, 0.6) is 0 Å². The van der Waals surface area contributed by atoms with Gasteiger partial charge in [-0.1, -0.05) is 30.3 Å². The van der Waals surface area contributed by atoms with Crippen LogP contribution >= 0.6 is 23.5 Å². The first-order chi connectivity index (χ1) is 10.7. The van der Waals surface area contributed by atoms with Gasteiger partial charge in [0.15, 0.2) is 0 Å². The number of rotatable bonds is 4. The standard InChI is InChI=1S/C17H16FNOS2/c18-15-7-2-1-4-12(15)11-16(20)19-14-6-3-5-13(10-14)17-21-8-9-22-17/h1-7,10,17H,8-9,11H2,(H,19,20). The Hall–Kier alpha value is -1.46. The van der Waals surface area contributed by atoms with Crippen molar-refractivity contribution >= 4 is 35.1 Å². The molecular formula is C17H16FNOS2. The number of amides is 1. The Kier molecular flexibility index (Phi) is 5.05. The van der Waals surface area contributed by atoms with Crippen LogP contribution in [0.15, 0.2) is 48.5 Å². The summed E-state index contributed by atoms with van der Waals surface area (Å²) in [5, 5.41) is 2.86. The van der Waals surface area contributed by atoms with Gasteiger partial charge in [0, 0.05) is 17.2 Å². The first-order valence-corrected chi connectivity index (χ1v) is 9.18. The van der Waals surface area contributed by atoms with Crippen molar-refractivity contribution < 1.29 is 9.18 Å². The van der Waals surface area contributed by atoms with Gasteiger partial charge in [-0.25, -0.2) is 4.39 Å². The highest BCUT2D eigenvalue weighted by Gasteiger charge is 2.18. The fourth-order valence-electron chi connectivity index (χ4n) is 2.33. The summed E-state index contributed by atoms with van der Waals surface area (Å²) in [4.78, 5) is 12.1. The fourth-order valence-corrected chi connectivity index (χ4v) is 5.17. The molecule has 1 fully saturated rings. The number of thioether (sulfide) groups is 2. The molecule has 0 bridgehead atoms. The maximum atomic E-state index is 13.6. The summed E-state index contributed by atoms with van der Waals surface area (Å²) >= 11 is 3.86. The second-order valence-electron chi connectivity index (χ2n) is 5.02. The lowest BCUT2D eigenvalue weighted by atomic mass is 10.1. The summed E-state index contributed by atoms with van der Waals surface area (Å²) in [7, 11) is 0. The lowest BCUT2D eigenvalue weighted by Gasteiger charge is -2.11. The minimum absolute atomic E-state index is 0.0455. The van der Waals surface area contributed by atoms with Crippen molar-refractivity contribution in [3.8, 4) is 0 Å². The molecule has 2 nitrogen and oxygen atoms in total. The summed E-state index contributed by atoms with van der Waals surface area (Å²) < 4.78 is 14.0. The summed E-state index contributed by atoms with van der Waals surface area (Å²) in [5.74, 6) is 1.79. The first kappa shape index (κ1) is 15.4. The second-order valence-corrected chi connectivity index (χ2v) is 7.74. The molecular weight excluding hydrogens is 317 g/mol. The number of hydrogen-bond acceptors (Lipinski definition) is 3. The highest BCUT2D eigenvalue weighted by atomic mass is 32.2. The maximum absolute atomic E-state index is 13.6. The highest BCUT2D eigenvalue weighted by molar-refractivity contribution is 8.19. The zero-order valence-electron chi connectivity index (χ0n) is 11.9. The highest BCUT2D eigenvalue weighted by Crippen LogP contribution is 2.45. The number of carbonyl (C=O) groups is 1. The van der Waals surface area contributed by atoms with E-state index in [1.54, 1.807) is 18.2 Å². The third-order valence-corrected chi connectivity index (χ3v) is 6.48. The zero-order valence-corrected chi connectivity index (χ0v) is 13.6. The van der Waals surface area contributed by atoms with E-state index in [4.69, 9.17) is 0 Å². The molecule has 3 rings (SSSR count). The quantitative estimate of drug-likeness (QED) is 0.894. The van der Waals surface area contributed by atoms with E-state index in [-0.39, 0.29) is 18.1 Å².